The van der Waals surface area contributed by atoms with Gasteiger partial charge in [0.25, 0.3) is 0 Å². The highest BCUT2D eigenvalue weighted by Gasteiger charge is 1.91. The van der Waals surface area contributed by atoms with Crippen molar-refractivity contribution in [2.45, 2.75) is 14.0 Å². The third-order valence-corrected chi connectivity index (χ3v) is 1.44. The van der Waals surface area contributed by atoms with Gasteiger partial charge in [-0.2, -0.15) is 4.99 Å². The summed E-state index contributed by atoms with van der Waals surface area (Å²) in [6.45, 7) is 0.300. The molecule has 1 rings (SSSR count). The first kappa shape index (κ1) is 12.0. The van der Waals surface area contributed by atoms with Gasteiger partial charge in [-0.15, -0.1) is 0 Å². The predicted octanol–water partition coefficient (Wildman–Crippen LogP) is 2.13. The van der Waals surface area contributed by atoms with E-state index in [1.54, 1.807) is 24.3 Å². The second-order valence-electron chi connectivity index (χ2n) is 2.28. The van der Waals surface area contributed by atoms with Crippen molar-refractivity contribution in [3.8, 4) is 0 Å². The summed E-state index contributed by atoms with van der Waals surface area (Å²) in [5, 5.41) is 0. The number of nitrogens with zero attached hydrogens (tertiary/aromatic N) is 2. The summed E-state index contributed by atoms with van der Waals surface area (Å²) in [7, 11) is 0. The Kier molecular flexibility index (Phi) is 5.55. The Morgan fingerprint density at radius 2 is 1.71 bits per heavy atom. The van der Waals surface area contributed by atoms with Crippen LogP contribution in [-0.2, 0) is 16.1 Å². The molecule has 0 unspecified atom stereocenters. The van der Waals surface area contributed by atoms with E-state index in [0.717, 1.165) is 5.56 Å². The minimum absolute atomic E-state index is 0. The van der Waals surface area contributed by atoms with Crippen molar-refractivity contribution in [1.82, 2.24) is 0 Å². The minimum Gasteiger partial charge on any atom is -0.211 e. The van der Waals surface area contributed by atoms with Crippen molar-refractivity contribution in [3.63, 3.8) is 0 Å². The Hall–Kier alpha value is -2.02. The first-order valence-electron chi connectivity index (χ1n) is 3.57. The molecule has 0 amide bonds. The van der Waals surface area contributed by atoms with Crippen molar-refractivity contribution in [2.24, 2.45) is 9.98 Å². The third-order valence-electron chi connectivity index (χ3n) is 1.44. The lowest BCUT2D eigenvalue weighted by Crippen LogP contribution is -1.78. The Morgan fingerprint density at radius 1 is 1.07 bits per heavy atom. The zero-order chi connectivity index (χ0) is 9.52. The predicted molar refractivity (Wildman–Crippen MR) is 52.8 cm³/mol. The normalized spacial score (nSPS) is 7.71. The highest BCUT2D eigenvalue weighted by atomic mass is 16.1. The maximum atomic E-state index is 9.87. The first-order chi connectivity index (χ1) is 6.36. The fourth-order valence-corrected chi connectivity index (χ4v) is 0.852. The van der Waals surface area contributed by atoms with Crippen molar-refractivity contribution in [3.05, 3.63) is 29.8 Å². The van der Waals surface area contributed by atoms with E-state index in [4.69, 9.17) is 0 Å². The first-order valence-corrected chi connectivity index (χ1v) is 3.57. The van der Waals surface area contributed by atoms with Gasteiger partial charge in [-0.25, -0.2) is 14.6 Å². The van der Waals surface area contributed by atoms with Crippen molar-refractivity contribution >= 4 is 17.8 Å². The number of rotatable bonds is 3. The summed E-state index contributed by atoms with van der Waals surface area (Å²) < 4.78 is 0. The number of benzene rings is 1. The number of carbonyl (C=O) groups excluding carboxylic acids is 2. The smallest absolute Gasteiger partial charge is 0.211 e. The summed E-state index contributed by atoms with van der Waals surface area (Å²) in [4.78, 5) is 26.5. The number of hydrogen-bond donors (Lipinski definition) is 0. The summed E-state index contributed by atoms with van der Waals surface area (Å²) >= 11 is 0. The van der Waals surface area contributed by atoms with Crippen LogP contribution in [0.1, 0.15) is 13.0 Å². The van der Waals surface area contributed by atoms with Gasteiger partial charge in [0.05, 0.1) is 12.2 Å². The van der Waals surface area contributed by atoms with Crippen molar-refractivity contribution < 1.29 is 9.59 Å². The Labute approximate surface area is 82.0 Å². The van der Waals surface area contributed by atoms with Crippen LogP contribution in [-0.4, -0.2) is 12.2 Å². The van der Waals surface area contributed by atoms with E-state index >= 15 is 0 Å². The van der Waals surface area contributed by atoms with Crippen molar-refractivity contribution in [1.29, 1.82) is 0 Å². The van der Waals surface area contributed by atoms with Crippen LogP contribution >= 0.6 is 0 Å². The molecule has 0 heterocycles. The highest BCUT2D eigenvalue weighted by Crippen LogP contribution is 2.12. The van der Waals surface area contributed by atoms with Gasteiger partial charge < -0.3 is 0 Å². The maximum Gasteiger partial charge on any atom is 0.240 e. The third kappa shape index (κ3) is 3.59. The standard InChI is InChI=1S/C9H6N2O2.CH4/c12-6-10-5-8-1-3-9(4-2-8)11-7-13;/h1-4H,5H2;1H4. The van der Waals surface area contributed by atoms with Gasteiger partial charge in [0.15, 0.2) is 0 Å². The summed E-state index contributed by atoms with van der Waals surface area (Å²) in [5.41, 5.74) is 1.40. The lowest BCUT2D eigenvalue weighted by atomic mass is 10.2. The second-order valence-corrected chi connectivity index (χ2v) is 2.28. The average molecular weight is 190 g/mol. The number of isocyanates is 2. The second kappa shape index (κ2) is 6.49. The molecule has 0 saturated carbocycles. The van der Waals surface area contributed by atoms with E-state index < -0.39 is 0 Å². The largest absolute Gasteiger partial charge is 0.240 e. The lowest BCUT2D eigenvalue weighted by Gasteiger charge is -1.93. The van der Waals surface area contributed by atoms with Crippen LogP contribution in [0.4, 0.5) is 5.69 Å². The topological polar surface area (TPSA) is 58.9 Å². The van der Waals surface area contributed by atoms with Crippen LogP contribution in [0.3, 0.4) is 0 Å². The minimum atomic E-state index is 0. The molecule has 0 fully saturated rings. The van der Waals surface area contributed by atoms with Gasteiger partial charge in [-0.05, 0) is 17.7 Å². The molecule has 72 valence electrons. The molecular weight excluding hydrogens is 180 g/mol. The molecule has 0 N–H and O–H groups in total. The zero-order valence-corrected chi connectivity index (χ0v) is 6.73. The zero-order valence-electron chi connectivity index (χ0n) is 6.73. The van der Waals surface area contributed by atoms with E-state index in [1.165, 1.54) is 12.2 Å². The van der Waals surface area contributed by atoms with Crippen LogP contribution in [0.25, 0.3) is 0 Å². The molecule has 0 aliphatic rings. The van der Waals surface area contributed by atoms with E-state index in [0.29, 0.717) is 12.2 Å². The molecule has 0 radical (unpaired) electrons. The Balaban J connectivity index is 0.00000169. The van der Waals surface area contributed by atoms with Crippen molar-refractivity contribution in [2.75, 3.05) is 0 Å². The molecule has 0 aromatic heterocycles. The Morgan fingerprint density at radius 3 is 2.21 bits per heavy atom. The molecule has 0 spiro atoms. The van der Waals surface area contributed by atoms with Crippen LogP contribution in [0.5, 0.6) is 0 Å². The average Bonchev–Trinajstić information content (AvgIpc) is 2.17. The molecule has 14 heavy (non-hydrogen) atoms. The SMILES string of the molecule is C.O=C=NCc1ccc(N=C=O)cc1. The molecule has 0 aliphatic heterocycles. The molecule has 0 saturated heterocycles. The van der Waals surface area contributed by atoms with Crippen LogP contribution in [0.15, 0.2) is 34.3 Å². The lowest BCUT2D eigenvalue weighted by molar-refractivity contribution is 0.562. The van der Waals surface area contributed by atoms with E-state index in [9.17, 15) is 9.59 Å². The molecule has 4 heteroatoms. The maximum absolute atomic E-state index is 9.87. The molecule has 0 atom stereocenters. The highest BCUT2D eigenvalue weighted by molar-refractivity contribution is 5.49. The van der Waals surface area contributed by atoms with Gasteiger partial charge in [-0.3, -0.25) is 0 Å². The number of hydrogen-bond acceptors (Lipinski definition) is 4. The van der Waals surface area contributed by atoms with Crippen LogP contribution in [0.2, 0.25) is 0 Å². The summed E-state index contributed by atoms with van der Waals surface area (Å²) in [6, 6.07) is 6.77. The van der Waals surface area contributed by atoms with Gasteiger partial charge in [0.1, 0.15) is 0 Å². The van der Waals surface area contributed by atoms with Crippen LogP contribution < -0.4 is 0 Å². The fourth-order valence-electron chi connectivity index (χ4n) is 0.852. The van der Waals surface area contributed by atoms with Crippen LogP contribution in [0, 0.1) is 0 Å². The van der Waals surface area contributed by atoms with Gasteiger partial charge >= 0.3 is 0 Å². The van der Waals surface area contributed by atoms with E-state index in [-0.39, 0.29) is 7.43 Å². The molecule has 1 aromatic carbocycles. The molecular formula is C10H10N2O2. The van der Waals surface area contributed by atoms with Gasteiger partial charge in [0.2, 0.25) is 12.2 Å². The van der Waals surface area contributed by atoms with Gasteiger partial charge in [0, 0.05) is 0 Å². The molecule has 0 bridgehead atoms. The Bertz CT molecular complexity index is 372. The van der Waals surface area contributed by atoms with E-state index in [1.807, 2.05) is 0 Å². The monoisotopic (exact) mass is 190 g/mol. The molecule has 0 aliphatic carbocycles. The fraction of sp³-hybridized carbons (Fsp3) is 0.200. The molecule has 4 nitrogen and oxygen atoms in total. The summed E-state index contributed by atoms with van der Waals surface area (Å²) in [6.07, 6.45) is 2.88. The quantitative estimate of drug-likeness (QED) is 0.541. The summed E-state index contributed by atoms with van der Waals surface area (Å²) in [5.74, 6) is 0. The van der Waals surface area contributed by atoms with E-state index in [2.05, 4.69) is 9.98 Å². The van der Waals surface area contributed by atoms with Gasteiger partial charge in [-0.1, -0.05) is 19.6 Å². The number of aliphatic imine (C=N–C) groups is 2. The molecule has 1 aromatic rings.